The number of amides is 1. The second kappa shape index (κ2) is 14.0. The molecule has 0 aliphatic carbocycles. The molecular formula is C23H33IN4O. The van der Waals surface area contributed by atoms with E-state index in [0.29, 0.717) is 6.54 Å². The highest BCUT2D eigenvalue weighted by Gasteiger charge is 2.11. The zero-order valence-corrected chi connectivity index (χ0v) is 20.0. The fourth-order valence-electron chi connectivity index (χ4n) is 2.93. The predicted molar refractivity (Wildman–Crippen MR) is 132 cm³/mol. The maximum absolute atomic E-state index is 12.4. The van der Waals surface area contributed by atoms with Crippen LogP contribution < -0.4 is 10.6 Å². The molecule has 2 N–H and O–H groups in total. The van der Waals surface area contributed by atoms with Gasteiger partial charge in [-0.1, -0.05) is 42.5 Å². The molecule has 2 aromatic carbocycles. The van der Waals surface area contributed by atoms with Crippen LogP contribution in [0.2, 0.25) is 0 Å². The van der Waals surface area contributed by atoms with Gasteiger partial charge >= 0.3 is 0 Å². The Labute approximate surface area is 192 Å². The second-order valence-electron chi connectivity index (χ2n) is 6.53. The number of halogens is 1. The Morgan fingerprint density at radius 2 is 1.55 bits per heavy atom. The summed E-state index contributed by atoms with van der Waals surface area (Å²) < 4.78 is 0. The lowest BCUT2D eigenvalue weighted by Crippen LogP contribution is -2.38. The Balaban J connectivity index is 0.00000420. The fraction of sp³-hybridized carbons (Fsp3) is 0.391. The van der Waals surface area contributed by atoms with Crippen LogP contribution >= 0.6 is 24.0 Å². The van der Waals surface area contributed by atoms with Crippen molar-refractivity contribution in [1.82, 2.24) is 15.5 Å². The van der Waals surface area contributed by atoms with Gasteiger partial charge in [0.05, 0.1) is 6.54 Å². The summed E-state index contributed by atoms with van der Waals surface area (Å²) in [5.41, 5.74) is 3.11. The molecule has 1 amide bonds. The van der Waals surface area contributed by atoms with Crippen molar-refractivity contribution >= 4 is 35.8 Å². The number of guanidine groups is 1. The molecule has 2 rings (SSSR count). The maximum atomic E-state index is 12.4. The van der Waals surface area contributed by atoms with Crippen LogP contribution in [0.1, 0.15) is 42.3 Å². The Hall–Kier alpha value is -2.09. The van der Waals surface area contributed by atoms with Gasteiger partial charge in [-0.15, -0.1) is 24.0 Å². The number of carbonyl (C=O) groups excluding carboxylic acids is 1. The molecule has 0 aliphatic rings. The molecule has 5 nitrogen and oxygen atoms in total. The number of nitrogens with zero attached hydrogens (tertiary/aromatic N) is 2. The third-order valence-corrected chi connectivity index (χ3v) is 4.56. The number of benzene rings is 2. The van der Waals surface area contributed by atoms with E-state index in [0.717, 1.165) is 49.7 Å². The van der Waals surface area contributed by atoms with Crippen LogP contribution in [0.25, 0.3) is 0 Å². The highest BCUT2D eigenvalue weighted by molar-refractivity contribution is 14.0. The van der Waals surface area contributed by atoms with Gasteiger partial charge in [-0.05, 0) is 50.5 Å². The standard InChI is InChI=1S/C23H32N4O.HI/c1-4-24-23(25-17-16-19-10-8-7-9-11-19)26-18-20-12-14-21(15-13-20)22(28)27(5-2)6-3;/h7-15H,4-6,16-18H2,1-3H3,(H2,24,25,26);1H. The van der Waals surface area contributed by atoms with Gasteiger partial charge in [0.15, 0.2) is 5.96 Å². The van der Waals surface area contributed by atoms with E-state index in [1.54, 1.807) is 0 Å². The van der Waals surface area contributed by atoms with Crippen LogP contribution in [0.5, 0.6) is 0 Å². The zero-order chi connectivity index (χ0) is 20.2. The van der Waals surface area contributed by atoms with Gasteiger partial charge in [0, 0.05) is 31.7 Å². The van der Waals surface area contributed by atoms with E-state index in [1.807, 2.05) is 49.1 Å². The Morgan fingerprint density at radius 1 is 0.897 bits per heavy atom. The summed E-state index contributed by atoms with van der Waals surface area (Å²) in [5.74, 6) is 0.887. The van der Waals surface area contributed by atoms with Crippen molar-refractivity contribution in [2.45, 2.75) is 33.7 Å². The SMILES string of the molecule is CCNC(=NCc1ccc(C(=O)N(CC)CC)cc1)NCCc1ccccc1.I. The van der Waals surface area contributed by atoms with Crippen molar-refractivity contribution in [3.8, 4) is 0 Å². The molecule has 2 aromatic rings. The van der Waals surface area contributed by atoms with Gasteiger partial charge in [0.1, 0.15) is 0 Å². The average molecular weight is 508 g/mol. The van der Waals surface area contributed by atoms with Crippen LogP contribution in [0, 0.1) is 0 Å². The molecule has 0 atom stereocenters. The van der Waals surface area contributed by atoms with Crippen LogP contribution in [-0.2, 0) is 13.0 Å². The normalized spacial score (nSPS) is 10.8. The van der Waals surface area contributed by atoms with E-state index < -0.39 is 0 Å². The molecule has 0 unspecified atom stereocenters. The summed E-state index contributed by atoms with van der Waals surface area (Å²) in [6, 6.07) is 18.2. The van der Waals surface area contributed by atoms with Gasteiger partial charge < -0.3 is 15.5 Å². The monoisotopic (exact) mass is 508 g/mol. The van der Waals surface area contributed by atoms with E-state index in [2.05, 4.69) is 46.8 Å². The highest BCUT2D eigenvalue weighted by Crippen LogP contribution is 2.09. The number of nitrogens with one attached hydrogen (secondary N) is 2. The molecule has 0 aromatic heterocycles. The third-order valence-electron chi connectivity index (χ3n) is 4.56. The highest BCUT2D eigenvalue weighted by atomic mass is 127. The number of hydrogen-bond acceptors (Lipinski definition) is 2. The lowest BCUT2D eigenvalue weighted by Gasteiger charge is -2.18. The molecule has 0 fully saturated rings. The average Bonchev–Trinajstić information content (AvgIpc) is 2.74. The molecule has 0 radical (unpaired) electrons. The van der Waals surface area contributed by atoms with Gasteiger partial charge in [0.2, 0.25) is 0 Å². The van der Waals surface area contributed by atoms with Crippen molar-refractivity contribution in [1.29, 1.82) is 0 Å². The minimum atomic E-state index is 0. The minimum Gasteiger partial charge on any atom is -0.357 e. The minimum absolute atomic E-state index is 0. The molecule has 0 aliphatic heterocycles. The number of rotatable bonds is 9. The van der Waals surface area contributed by atoms with E-state index >= 15 is 0 Å². The number of carbonyl (C=O) groups is 1. The molecule has 158 valence electrons. The molecule has 0 saturated heterocycles. The Kier molecular flexibility index (Phi) is 12.0. The molecule has 0 saturated carbocycles. The predicted octanol–water partition coefficient (Wildman–Crippen LogP) is 4.08. The molecule has 0 spiro atoms. The smallest absolute Gasteiger partial charge is 0.253 e. The summed E-state index contributed by atoms with van der Waals surface area (Å²) in [4.78, 5) is 18.9. The maximum Gasteiger partial charge on any atom is 0.253 e. The quantitative estimate of drug-likeness (QED) is 0.305. The van der Waals surface area contributed by atoms with Crippen molar-refractivity contribution in [3.05, 3.63) is 71.3 Å². The van der Waals surface area contributed by atoms with Gasteiger partial charge in [-0.2, -0.15) is 0 Å². The van der Waals surface area contributed by atoms with Crippen molar-refractivity contribution < 1.29 is 4.79 Å². The van der Waals surface area contributed by atoms with Crippen LogP contribution in [0.4, 0.5) is 0 Å². The summed E-state index contributed by atoms with van der Waals surface area (Å²) >= 11 is 0. The first kappa shape index (κ1) is 24.9. The summed E-state index contributed by atoms with van der Waals surface area (Å²) in [6.45, 7) is 9.71. The Bertz CT molecular complexity index is 743. The van der Waals surface area contributed by atoms with Crippen LogP contribution in [0.15, 0.2) is 59.6 Å². The summed E-state index contributed by atoms with van der Waals surface area (Å²) in [6.07, 6.45) is 0.952. The molecule has 29 heavy (non-hydrogen) atoms. The Morgan fingerprint density at radius 3 is 2.14 bits per heavy atom. The lowest BCUT2D eigenvalue weighted by molar-refractivity contribution is 0.0773. The number of aliphatic imine (C=N–C) groups is 1. The first-order valence-corrected chi connectivity index (χ1v) is 10.1. The zero-order valence-electron chi connectivity index (χ0n) is 17.6. The van der Waals surface area contributed by atoms with Gasteiger partial charge in [0.25, 0.3) is 5.91 Å². The van der Waals surface area contributed by atoms with E-state index in [1.165, 1.54) is 5.56 Å². The summed E-state index contributed by atoms with van der Waals surface area (Å²) in [5, 5.41) is 6.65. The topological polar surface area (TPSA) is 56.7 Å². The first-order chi connectivity index (χ1) is 13.7. The lowest BCUT2D eigenvalue weighted by atomic mass is 10.1. The van der Waals surface area contributed by atoms with Gasteiger partial charge in [-0.3, -0.25) is 4.79 Å². The van der Waals surface area contributed by atoms with E-state index in [4.69, 9.17) is 0 Å². The largest absolute Gasteiger partial charge is 0.357 e. The number of hydrogen-bond donors (Lipinski definition) is 2. The first-order valence-electron chi connectivity index (χ1n) is 10.1. The molecule has 0 bridgehead atoms. The molecule has 6 heteroatoms. The van der Waals surface area contributed by atoms with Crippen molar-refractivity contribution in [3.63, 3.8) is 0 Å². The van der Waals surface area contributed by atoms with E-state index in [-0.39, 0.29) is 29.9 Å². The fourth-order valence-corrected chi connectivity index (χ4v) is 2.93. The van der Waals surface area contributed by atoms with E-state index in [9.17, 15) is 4.79 Å². The van der Waals surface area contributed by atoms with Crippen LogP contribution in [-0.4, -0.2) is 42.9 Å². The van der Waals surface area contributed by atoms with Crippen LogP contribution in [0.3, 0.4) is 0 Å². The third kappa shape index (κ3) is 8.43. The molecular weight excluding hydrogens is 475 g/mol. The second-order valence-corrected chi connectivity index (χ2v) is 6.53. The molecule has 0 heterocycles. The van der Waals surface area contributed by atoms with Gasteiger partial charge in [-0.25, -0.2) is 4.99 Å². The van der Waals surface area contributed by atoms with Crippen molar-refractivity contribution in [2.75, 3.05) is 26.2 Å². The summed E-state index contributed by atoms with van der Waals surface area (Å²) in [7, 11) is 0. The van der Waals surface area contributed by atoms with Crippen molar-refractivity contribution in [2.24, 2.45) is 4.99 Å².